The van der Waals surface area contributed by atoms with Crippen molar-refractivity contribution in [1.29, 1.82) is 0 Å². The van der Waals surface area contributed by atoms with Crippen molar-refractivity contribution in [1.82, 2.24) is 24.9 Å². The van der Waals surface area contributed by atoms with Crippen LogP contribution in [0.25, 0.3) is 0 Å². The minimum Gasteiger partial charge on any atom is -0.368 e. The highest BCUT2D eigenvalue weighted by molar-refractivity contribution is 5.54. The molecule has 110 valence electrons. The average molecular weight is 294 g/mol. The molecule has 0 aliphatic rings. The second kappa shape index (κ2) is 6.44. The topological polar surface area (TPSA) is 115 Å². The van der Waals surface area contributed by atoms with Crippen molar-refractivity contribution in [3.05, 3.63) is 54.6 Å². The van der Waals surface area contributed by atoms with Crippen LogP contribution in [0.4, 0.5) is 23.5 Å². The summed E-state index contributed by atoms with van der Waals surface area (Å²) in [5.41, 5.74) is 6.57. The van der Waals surface area contributed by atoms with Gasteiger partial charge >= 0.3 is 0 Å². The minimum absolute atomic E-state index is 0.130. The third-order valence-corrected chi connectivity index (χ3v) is 2.71. The molecule has 0 spiro atoms. The zero-order valence-electron chi connectivity index (χ0n) is 11.6. The fourth-order valence-electron chi connectivity index (χ4n) is 1.76. The number of nitrogens with one attached hydrogen (secondary N) is 2. The summed E-state index contributed by atoms with van der Waals surface area (Å²) in [5, 5.41) is 6.09. The molecule has 8 heteroatoms. The number of anilines is 4. The third kappa shape index (κ3) is 3.63. The average Bonchev–Trinajstić information content (AvgIpc) is 2.54. The van der Waals surface area contributed by atoms with Crippen molar-refractivity contribution in [3.8, 4) is 0 Å². The summed E-state index contributed by atoms with van der Waals surface area (Å²) in [5.74, 6) is 1.50. The first-order valence-electron chi connectivity index (χ1n) is 6.63. The number of hydrogen-bond acceptors (Lipinski definition) is 8. The van der Waals surface area contributed by atoms with Gasteiger partial charge in [0.25, 0.3) is 0 Å². The molecule has 0 radical (unpaired) electrons. The van der Waals surface area contributed by atoms with Gasteiger partial charge in [-0.25, -0.2) is 9.97 Å². The second-order valence-electron chi connectivity index (χ2n) is 4.35. The van der Waals surface area contributed by atoms with Crippen LogP contribution in [0.3, 0.4) is 0 Å². The molecule has 0 bridgehead atoms. The molecule has 2 aromatic heterocycles. The maximum Gasteiger partial charge on any atom is 0.233 e. The van der Waals surface area contributed by atoms with Gasteiger partial charge in [-0.3, -0.25) is 0 Å². The highest BCUT2D eigenvalue weighted by Crippen LogP contribution is 2.14. The number of rotatable bonds is 5. The molecule has 0 fully saturated rings. The quantitative estimate of drug-likeness (QED) is 0.650. The Bertz CT molecular complexity index is 732. The van der Waals surface area contributed by atoms with Gasteiger partial charge in [0, 0.05) is 18.1 Å². The van der Waals surface area contributed by atoms with E-state index in [0.29, 0.717) is 24.3 Å². The van der Waals surface area contributed by atoms with Gasteiger partial charge in [0.05, 0.1) is 6.54 Å². The summed E-state index contributed by atoms with van der Waals surface area (Å²) in [4.78, 5) is 20.6. The molecule has 0 aliphatic carbocycles. The highest BCUT2D eigenvalue weighted by atomic mass is 15.2. The molecule has 8 nitrogen and oxygen atoms in total. The van der Waals surface area contributed by atoms with E-state index in [1.807, 2.05) is 30.3 Å². The fraction of sp³-hybridized carbons (Fsp3) is 0.0714. The molecule has 0 saturated heterocycles. The molecule has 1 aromatic carbocycles. The first kappa shape index (κ1) is 13.7. The molecule has 22 heavy (non-hydrogen) atoms. The van der Waals surface area contributed by atoms with Gasteiger partial charge in [-0.2, -0.15) is 15.0 Å². The van der Waals surface area contributed by atoms with Crippen LogP contribution >= 0.6 is 0 Å². The van der Waals surface area contributed by atoms with Crippen LogP contribution in [0.15, 0.2) is 48.8 Å². The lowest BCUT2D eigenvalue weighted by Crippen LogP contribution is -2.10. The maximum atomic E-state index is 5.71. The molecule has 0 unspecified atom stereocenters. The Hall–Kier alpha value is -3.29. The van der Waals surface area contributed by atoms with Crippen LogP contribution in [0, 0.1) is 0 Å². The van der Waals surface area contributed by atoms with Crippen LogP contribution in [0.5, 0.6) is 0 Å². The van der Waals surface area contributed by atoms with Gasteiger partial charge < -0.3 is 16.4 Å². The number of para-hydroxylation sites is 1. The maximum absolute atomic E-state index is 5.71. The minimum atomic E-state index is 0.130. The zero-order valence-corrected chi connectivity index (χ0v) is 11.6. The Kier molecular flexibility index (Phi) is 4.01. The number of aromatic nitrogens is 5. The van der Waals surface area contributed by atoms with Gasteiger partial charge in [0.2, 0.25) is 17.8 Å². The molecular formula is C14H14N8. The summed E-state index contributed by atoms with van der Waals surface area (Å²) in [6, 6.07) is 11.3. The summed E-state index contributed by atoms with van der Waals surface area (Å²) in [6.07, 6.45) is 3.35. The van der Waals surface area contributed by atoms with Crippen molar-refractivity contribution in [2.24, 2.45) is 0 Å². The van der Waals surface area contributed by atoms with Crippen molar-refractivity contribution in [2.75, 3.05) is 16.4 Å². The smallest absolute Gasteiger partial charge is 0.233 e. The highest BCUT2D eigenvalue weighted by Gasteiger charge is 2.05. The van der Waals surface area contributed by atoms with Gasteiger partial charge in [-0.05, 0) is 18.2 Å². The van der Waals surface area contributed by atoms with E-state index in [9.17, 15) is 0 Å². The molecule has 4 N–H and O–H groups in total. The lowest BCUT2D eigenvalue weighted by molar-refractivity contribution is 0.923. The summed E-state index contributed by atoms with van der Waals surface area (Å²) in [7, 11) is 0. The molecule has 3 rings (SSSR count). The Labute approximate surface area is 126 Å². The summed E-state index contributed by atoms with van der Waals surface area (Å²) >= 11 is 0. The Morgan fingerprint density at radius 1 is 0.864 bits per heavy atom. The first-order valence-corrected chi connectivity index (χ1v) is 6.63. The fourth-order valence-corrected chi connectivity index (χ4v) is 1.76. The molecule has 0 saturated carbocycles. The zero-order chi connectivity index (χ0) is 15.2. The van der Waals surface area contributed by atoms with Crippen molar-refractivity contribution in [3.63, 3.8) is 0 Å². The largest absolute Gasteiger partial charge is 0.368 e. The molecular weight excluding hydrogens is 280 g/mol. The van der Waals surface area contributed by atoms with Crippen molar-refractivity contribution >= 4 is 23.5 Å². The van der Waals surface area contributed by atoms with Crippen LogP contribution in [0.1, 0.15) is 5.82 Å². The predicted molar refractivity (Wildman–Crippen MR) is 83.3 cm³/mol. The summed E-state index contributed by atoms with van der Waals surface area (Å²) in [6.45, 7) is 0.398. The molecule has 0 aliphatic heterocycles. The molecule has 2 heterocycles. The normalized spacial score (nSPS) is 10.2. The van der Waals surface area contributed by atoms with Gasteiger partial charge in [0.15, 0.2) is 0 Å². The van der Waals surface area contributed by atoms with Gasteiger partial charge in [-0.15, -0.1) is 0 Å². The molecule has 0 amide bonds. The SMILES string of the molecule is Nc1nc(NCc2ncccn2)nc(Nc2ccccc2)n1. The van der Waals surface area contributed by atoms with Crippen molar-refractivity contribution in [2.45, 2.75) is 6.54 Å². The monoisotopic (exact) mass is 294 g/mol. The second-order valence-corrected chi connectivity index (χ2v) is 4.35. The number of hydrogen-bond donors (Lipinski definition) is 3. The van der Waals surface area contributed by atoms with Crippen LogP contribution in [-0.4, -0.2) is 24.9 Å². The molecule has 3 aromatic rings. The van der Waals surface area contributed by atoms with E-state index in [4.69, 9.17) is 5.73 Å². The van der Waals surface area contributed by atoms with E-state index in [0.717, 1.165) is 5.69 Å². The predicted octanol–water partition coefficient (Wildman–Crippen LogP) is 1.60. The van der Waals surface area contributed by atoms with Gasteiger partial charge in [0.1, 0.15) is 5.82 Å². The van der Waals surface area contributed by atoms with E-state index < -0.39 is 0 Å². The van der Waals surface area contributed by atoms with Crippen LogP contribution in [-0.2, 0) is 6.54 Å². The van der Waals surface area contributed by atoms with Crippen molar-refractivity contribution < 1.29 is 0 Å². The Balaban J connectivity index is 1.72. The van der Waals surface area contributed by atoms with Crippen LogP contribution in [0.2, 0.25) is 0 Å². The summed E-state index contributed by atoms with van der Waals surface area (Å²) < 4.78 is 0. The number of benzene rings is 1. The number of nitrogens with zero attached hydrogens (tertiary/aromatic N) is 5. The number of nitrogen functional groups attached to an aromatic ring is 1. The third-order valence-electron chi connectivity index (χ3n) is 2.71. The van der Waals surface area contributed by atoms with E-state index in [2.05, 4.69) is 35.6 Å². The molecule has 0 atom stereocenters. The lowest BCUT2D eigenvalue weighted by atomic mass is 10.3. The van der Waals surface area contributed by atoms with E-state index in [-0.39, 0.29) is 5.95 Å². The van der Waals surface area contributed by atoms with Crippen LogP contribution < -0.4 is 16.4 Å². The Morgan fingerprint density at radius 2 is 1.59 bits per heavy atom. The van der Waals surface area contributed by atoms with E-state index in [1.54, 1.807) is 18.5 Å². The Morgan fingerprint density at radius 3 is 2.36 bits per heavy atom. The first-order chi connectivity index (χ1) is 10.8. The number of nitrogens with two attached hydrogens (primary N) is 1. The standard InChI is InChI=1S/C14H14N8/c15-12-20-13(18-9-11-16-7-4-8-17-11)22-14(21-12)19-10-5-2-1-3-6-10/h1-8H,9H2,(H4,15,18,19,20,21,22). The van der Waals surface area contributed by atoms with E-state index >= 15 is 0 Å². The van der Waals surface area contributed by atoms with E-state index in [1.165, 1.54) is 0 Å². The lowest BCUT2D eigenvalue weighted by Gasteiger charge is -2.08. The van der Waals surface area contributed by atoms with Gasteiger partial charge in [-0.1, -0.05) is 18.2 Å².